The summed E-state index contributed by atoms with van der Waals surface area (Å²) < 4.78 is 39.7. The Hall–Kier alpha value is -2.34. The SMILES string of the molecule is CN(C)CC(NC(=O)C1CC1c1ccccc1C(F)(F)F)c1ccccc1. The van der Waals surface area contributed by atoms with E-state index in [2.05, 4.69) is 5.32 Å². The Bertz CT molecular complexity index is 790. The second-order valence-corrected chi connectivity index (χ2v) is 7.27. The van der Waals surface area contributed by atoms with Crippen molar-refractivity contribution in [2.75, 3.05) is 20.6 Å². The maximum absolute atomic E-state index is 13.2. The summed E-state index contributed by atoms with van der Waals surface area (Å²) in [7, 11) is 3.84. The smallest absolute Gasteiger partial charge is 0.348 e. The molecule has 1 aliphatic carbocycles. The zero-order valence-corrected chi connectivity index (χ0v) is 15.3. The highest BCUT2D eigenvalue weighted by atomic mass is 19.4. The summed E-state index contributed by atoms with van der Waals surface area (Å²) in [5, 5.41) is 3.02. The van der Waals surface area contributed by atoms with Crippen molar-refractivity contribution in [2.24, 2.45) is 5.92 Å². The van der Waals surface area contributed by atoms with Crippen molar-refractivity contribution in [3.8, 4) is 0 Å². The van der Waals surface area contributed by atoms with Crippen molar-refractivity contribution >= 4 is 5.91 Å². The molecule has 2 aromatic rings. The molecular formula is C21H23F3N2O. The first kappa shape index (κ1) is 19.4. The van der Waals surface area contributed by atoms with Crippen LogP contribution in [0.1, 0.15) is 35.1 Å². The lowest BCUT2D eigenvalue weighted by Gasteiger charge is -2.23. The first-order chi connectivity index (χ1) is 12.8. The Morgan fingerprint density at radius 2 is 1.74 bits per heavy atom. The normalized spacial score (nSPS) is 20.4. The minimum atomic E-state index is -4.41. The Labute approximate surface area is 157 Å². The Morgan fingerprint density at radius 1 is 1.11 bits per heavy atom. The summed E-state index contributed by atoms with van der Waals surface area (Å²) in [5.74, 6) is -0.979. The van der Waals surface area contributed by atoms with Crippen molar-refractivity contribution in [1.82, 2.24) is 10.2 Å². The van der Waals surface area contributed by atoms with Gasteiger partial charge in [0.15, 0.2) is 0 Å². The van der Waals surface area contributed by atoms with Gasteiger partial charge in [0.25, 0.3) is 0 Å². The molecule has 3 unspecified atom stereocenters. The summed E-state index contributed by atoms with van der Waals surface area (Å²) in [6, 6.07) is 14.9. The van der Waals surface area contributed by atoms with E-state index in [0.717, 1.165) is 11.6 Å². The van der Waals surface area contributed by atoms with E-state index in [4.69, 9.17) is 0 Å². The number of alkyl halides is 3. The van der Waals surface area contributed by atoms with Gasteiger partial charge >= 0.3 is 6.18 Å². The molecule has 0 radical (unpaired) electrons. The zero-order valence-electron chi connectivity index (χ0n) is 15.3. The number of rotatable bonds is 6. The first-order valence-electron chi connectivity index (χ1n) is 8.93. The van der Waals surface area contributed by atoms with Gasteiger partial charge in [0, 0.05) is 12.5 Å². The molecule has 3 atom stereocenters. The van der Waals surface area contributed by atoms with Crippen LogP contribution in [-0.4, -0.2) is 31.4 Å². The van der Waals surface area contributed by atoms with Crippen molar-refractivity contribution < 1.29 is 18.0 Å². The van der Waals surface area contributed by atoms with E-state index in [1.807, 2.05) is 49.3 Å². The number of hydrogen-bond donors (Lipinski definition) is 1. The van der Waals surface area contributed by atoms with Crippen LogP contribution in [0, 0.1) is 5.92 Å². The summed E-state index contributed by atoms with van der Waals surface area (Å²) >= 11 is 0. The fraction of sp³-hybridized carbons (Fsp3) is 0.381. The van der Waals surface area contributed by atoms with E-state index in [-0.39, 0.29) is 23.4 Å². The second-order valence-electron chi connectivity index (χ2n) is 7.27. The van der Waals surface area contributed by atoms with Gasteiger partial charge in [-0.25, -0.2) is 0 Å². The highest BCUT2D eigenvalue weighted by Crippen LogP contribution is 2.51. The average Bonchev–Trinajstić information content (AvgIpc) is 3.41. The van der Waals surface area contributed by atoms with E-state index < -0.39 is 17.7 Å². The van der Waals surface area contributed by atoms with Gasteiger partial charge in [-0.05, 0) is 43.6 Å². The molecule has 144 valence electrons. The molecule has 2 aromatic carbocycles. The molecule has 1 N–H and O–H groups in total. The van der Waals surface area contributed by atoms with Gasteiger partial charge in [-0.2, -0.15) is 13.2 Å². The first-order valence-corrected chi connectivity index (χ1v) is 8.93. The van der Waals surface area contributed by atoms with Crippen LogP contribution in [0.4, 0.5) is 13.2 Å². The van der Waals surface area contributed by atoms with Crippen LogP contribution in [0.25, 0.3) is 0 Å². The molecule has 6 heteroatoms. The Morgan fingerprint density at radius 3 is 2.37 bits per heavy atom. The van der Waals surface area contributed by atoms with E-state index in [1.54, 1.807) is 6.07 Å². The number of benzene rings is 2. The fourth-order valence-electron chi connectivity index (χ4n) is 3.47. The molecule has 0 spiro atoms. The predicted octanol–water partition coefficient (Wildman–Crippen LogP) is 4.23. The second kappa shape index (κ2) is 7.72. The molecule has 0 bridgehead atoms. The number of carbonyl (C=O) groups excluding carboxylic acids is 1. The van der Waals surface area contributed by atoms with Crippen LogP contribution >= 0.6 is 0 Å². The van der Waals surface area contributed by atoms with Gasteiger partial charge in [-0.15, -0.1) is 0 Å². The third-order valence-corrected chi connectivity index (χ3v) is 4.86. The Balaban J connectivity index is 1.73. The molecule has 1 saturated carbocycles. The third-order valence-electron chi connectivity index (χ3n) is 4.86. The quantitative estimate of drug-likeness (QED) is 0.818. The van der Waals surface area contributed by atoms with Crippen LogP contribution in [0.15, 0.2) is 54.6 Å². The standard InChI is InChI=1S/C21H23F3N2O/c1-26(2)13-19(14-8-4-3-5-9-14)25-20(27)17-12-16(17)15-10-6-7-11-18(15)21(22,23)24/h3-11,16-17,19H,12-13H2,1-2H3,(H,25,27). The number of carbonyl (C=O) groups is 1. The Kier molecular flexibility index (Phi) is 5.56. The lowest BCUT2D eigenvalue weighted by Crippen LogP contribution is -2.36. The zero-order chi connectivity index (χ0) is 19.6. The summed E-state index contributed by atoms with van der Waals surface area (Å²) in [5.41, 5.74) is 0.555. The number of hydrogen-bond acceptors (Lipinski definition) is 2. The maximum atomic E-state index is 13.2. The highest BCUT2D eigenvalue weighted by Gasteiger charge is 2.48. The van der Waals surface area contributed by atoms with E-state index >= 15 is 0 Å². The van der Waals surface area contributed by atoms with Crippen LogP contribution in [0.3, 0.4) is 0 Å². The molecule has 0 saturated heterocycles. The lowest BCUT2D eigenvalue weighted by molar-refractivity contribution is -0.138. The minimum absolute atomic E-state index is 0.187. The van der Waals surface area contributed by atoms with Crippen LogP contribution in [0.5, 0.6) is 0 Å². The van der Waals surface area contributed by atoms with E-state index in [9.17, 15) is 18.0 Å². The molecule has 0 aromatic heterocycles. The highest BCUT2D eigenvalue weighted by molar-refractivity contribution is 5.83. The summed E-state index contributed by atoms with van der Waals surface area (Å²) in [6.07, 6.45) is -3.96. The van der Waals surface area contributed by atoms with Crippen molar-refractivity contribution in [1.29, 1.82) is 0 Å². The lowest BCUT2D eigenvalue weighted by atomic mass is 10.0. The number of likely N-dealkylation sites (N-methyl/N-ethyl adjacent to an activating group) is 1. The largest absolute Gasteiger partial charge is 0.416 e. The molecule has 3 rings (SSSR count). The predicted molar refractivity (Wildman–Crippen MR) is 98.2 cm³/mol. The van der Waals surface area contributed by atoms with E-state index in [0.29, 0.717) is 13.0 Å². The van der Waals surface area contributed by atoms with Gasteiger partial charge in [0.1, 0.15) is 0 Å². The van der Waals surface area contributed by atoms with Crippen LogP contribution < -0.4 is 5.32 Å². The molecular weight excluding hydrogens is 353 g/mol. The number of nitrogens with zero attached hydrogens (tertiary/aromatic N) is 1. The van der Waals surface area contributed by atoms with Gasteiger partial charge in [-0.3, -0.25) is 4.79 Å². The number of amides is 1. The van der Waals surface area contributed by atoms with Gasteiger partial charge in [-0.1, -0.05) is 48.5 Å². The van der Waals surface area contributed by atoms with Crippen molar-refractivity contribution in [2.45, 2.75) is 24.6 Å². The number of nitrogens with one attached hydrogen (secondary N) is 1. The van der Waals surface area contributed by atoms with Crippen LogP contribution in [0.2, 0.25) is 0 Å². The van der Waals surface area contributed by atoms with Gasteiger partial charge in [0.05, 0.1) is 11.6 Å². The molecule has 1 amide bonds. The van der Waals surface area contributed by atoms with Crippen molar-refractivity contribution in [3.63, 3.8) is 0 Å². The summed E-state index contributed by atoms with van der Waals surface area (Å²) in [4.78, 5) is 14.7. The summed E-state index contributed by atoms with van der Waals surface area (Å²) in [6.45, 7) is 0.617. The average molecular weight is 376 g/mol. The monoisotopic (exact) mass is 376 g/mol. The minimum Gasteiger partial charge on any atom is -0.348 e. The van der Waals surface area contributed by atoms with Crippen LogP contribution in [-0.2, 0) is 11.0 Å². The van der Waals surface area contributed by atoms with Gasteiger partial charge in [0.2, 0.25) is 5.91 Å². The molecule has 0 aliphatic heterocycles. The van der Waals surface area contributed by atoms with Gasteiger partial charge < -0.3 is 10.2 Å². The molecule has 27 heavy (non-hydrogen) atoms. The maximum Gasteiger partial charge on any atom is 0.416 e. The molecule has 3 nitrogen and oxygen atoms in total. The fourth-order valence-corrected chi connectivity index (χ4v) is 3.47. The van der Waals surface area contributed by atoms with Crippen molar-refractivity contribution in [3.05, 3.63) is 71.3 Å². The third kappa shape index (κ3) is 4.69. The van der Waals surface area contributed by atoms with E-state index in [1.165, 1.54) is 12.1 Å². The molecule has 0 heterocycles. The topological polar surface area (TPSA) is 32.3 Å². The molecule has 1 aliphatic rings. The number of halogens is 3. The molecule has 1 fully saturated rings.